The number of ether oxygens (including phenoxy) is 1. The molecule has 1 atom stereocenters. The second-order valence-electron chi connectivity index (χ2n) is 6.52. The summed E-state index contributed by atoms with van der Waals surface area (Å²) >= 11 is 0. The highest BCUT2D eigenvalue weighted by atomic mass is 16.5. The first-order valence-electron chi connectivity index (χ1n) is 8.90. The van der Waals surface area contributed by atoms with E-state index in [1.54, 1.807) is 12.0 Å². The van der Waals surface area contributed by atoms with Crippen molar-refractivity contribution >= 4 is 17.5 Å². The van der Waals surface area contributed by atoms with Gasteiger partial charge >= 0.3 is 0 Å². The number of methoxy groups -OCH3 is 1. The molecule has 1 aliphatic heterocycles. The Bertz CT molecular complexity index is 786. The fourth-order valence-corrected chi connectivity index (χ4v) is 3.29. The van der Waals surface area contributed by atoms with Crippen LogP contribution in [0.3, 0.4) is 0 Å². The zero-order valence-corrected chi connectivity index (χ0v) is 15.2. The average Bonchev–Trinajstić information content (AvgIpc) is 3.08. The van der Waals surface area contributed by atoms with Crippen LogP contribution in [0.25, 0.3) is 0 Å². The minimum atomic E-state index is -0.139. The number of hydrogen-bond donors (Lipinski definition) is 1. The summed E-state index contributed by atoms with van der Waals surface area (Å²) in [7, 11) is 1.63. The third kappa shape index (κ3) is 4.04. The van der Waals surface area contributed by atoms with Crippen LogP contribution in [0.2, 0.25) is 0 Å². The highest BCUT2D eigenvalue weighted by Crippen LogP contribution is 2.25. The number of anilines is 1. The fraction of sp³-hybridized carbons (Fsp3) is 0.333. The van der Waals surface area contributed by atoms with Crippen LogP contribution in [0.15, 0.2) is 48.5 Å². The SMILES string of the molecule is COc1ccccc1C(C)NC(=O)Cc1ccc(N2CCCC2=O)cc1. The van der Waals surface area contributed by atoms with Gasteiger partial charge in [-0.25, -0.2) is 0 Å². The zero-order valence-electron chi connectivity index (χ0n) is 15.2. The van der Waals surface area contributed by atoms with Gasteiger partial charge in [0.1, 0.15) is 5.75 Å². The minimum Gasteiger partial charge on any atom is -0.496 e. The molecule has 26 heavy (non-hydrogen) atoms. The van der Waals surface area contributed by atoms with E-state index in [2.05, 4.69) is 5.32 Å². The molecule has 1 unspecified atom stereocenters. The third-order valence-electron chi connectivity index (χ3n) is 4.67. The summed E-state index contributed by atoms with van der Waals surface area (Å²) in [4.78, 5) is 26.0. The molecular formula is C21H24N2O3. The van der Waals surface area contributed by atoms with E-state index in [9.17, 15) is 9.59 Å². The lowest BCUT2D eigenvalue weighted by molar-refractivity contribution is -0.121. The van der Waals surface area contributed by atoms with Crippen molar-refractivity contribution in [2.75, 3.05) is 18.6 Å². The number of para-hydroxylation sites is 1. The molecule has 2 aromatic carbocycles. The van der Waals surface area contributed by atoms with Gasteiger partial charge < -0.3 is 15.0 Å². The number of nitrogens with one attached hydrogen (secondary N) is 1. The Morgan fingerprint density at radius 1 is 1.19 bits per heavy atom. The van der Waals surface area contributed by atoms with Crippen LogP contribution in [0.4, 0.5) is 5.69 Å². The topological polar surface area (TPSA) is 58.6 Å². The molecule has 136 valence electrons. The summed E-state index contributed by atoms with van der Waals surface area (Å²) < 4.78 is 5.35. The van der Waals surface area contributed by atoms with Crippen molar-refractivity contribution in [1.82, 2.24) is 5.32 Å². The smallest absolute Gasteiger partial charge is 0.227 e. The molecule has 0 radical (unpaired) electrons. The van der Waals surface area contributed by atoms with Crippen molar-refractivity contribution in [3.63, 3.8) is 0 Å². The summed E-state index contributed by atoms with van der Waals surface area (Å²) in [5.41, 5.74) is 2.77. The quantitative estimate of drug-likeness (QED) is 0.868. The molecular weight excluding hydrogens is 328 g/mol. The summed E-state index contributed by atoms with van der Waals surface area (Å²) in [6.45, 7) is 2.72. The Hall–Kier alpha value is -2.82. The standard InChI is InChI=1S/C21H24N2O3/c1-15(18-6-3-4-7-19(18)26-2)22-20(24)14-16-9-11-17(12-10-16)23-13-5-8-21(23)25/h3-4,6-7,9-12,15H,5,8,13-14H2,1-2H3,(H,22,24). The van der Waals surface area contributed by atoms with Gasteiger partial charge in [-0.2, -0.15) is 0 Å². The molecule has 2 amide bonds. The average molecular weight is 352 g/mol. The van der Waals surface area contributed by atoms with Crippen molar-refractivity contribution in [2.24, 2.45) is 0 Å². The van der Waals surface area contributed by atoms with Crippen LogP contribution in [0.5, 0.6) is 5.75 Å². The van der Waals surface area contributed by atoms with Crippen LogP contribution in [0.1, 0.15) is 36.9 Å². The number of carbonyl (C=O) groups is 2. The van der Waals surface area contributed by atoms with E-state index in [4.69, 9.17) is 4.74 Å². The number of hydrogen-bond acceptors (Lipinski definition) is 3. The molecule has 2 aromatic rings. The number of rotatable bonds is 6. The molecule has 3 rings (SSSR count). The summed E-state index contributed by atoms with van der Waals surface area (Å²) in [6.07, 6.45) is 1.82. The molecule has 5 nitrogen and oxygen atoms in total. The summed E-state index contributed by atoms with van der Waals surface area (Å²) in [5.74, 6) is 0.884. The first-order chi connectivity index (χ1) is 12.6. The van der Waals surface area contributed by atoms with Crippen LogP contribution in [-0.4, -0.2) is 25.5 Å². The maximum Gasteiger partial charge on any atom is 0.227 e. The van der Waals surface area contributed by atoms with E-state index < -0.39 is 0 Å². The summed E-state index contributed by atoms with van der Waals surface area (Å²) in [6, 6.07) is 15.2. The lowest BCUT2D eigenvalue weighted by atomic mass is 10.1. The van der Waals surface area contributed by atoms with Crippen LogP contribution >= 0.6 is 0 Å². The zero-order chi connectivity index (χ0) is 18.5. The largest absolute Gasteiger partial charge is 0.496 e. The highest BCUT2D eigenvalue weighted by Gasteiger charge is 2.21. The van der Waals surface area contributed by atoms with Gasteiger partial charge in [0.2, 0.25) is 11.8 Å². The Kier molecular flexibility index (Phi) is 5.56. The molecule has 0 bridgehead atoms. The second kappa shape index (κ2) is 8.04. The Morgan fingerprint density at radius 3 is 2.58 bits per heavy atom. The van der Waals surface area contributed by atoms with Gasteiger partial charge in [0.05, 0.1) is 19.6 Å². The molecule has 1 saturated heterocycles. The molecule has 1 fully saturated rings. The van der Waals surface area contributed by atoms with Gasteiger partial charge in [0.25, 0.3) is 0 Å². The van der Waals surface area contributed by atoms with Gasteiger partial charge in [0, 0.05) is 24.2 Å². The molecule has 0 spiro atoms. The molecule has 0 saturated carbocycles. The number of nitrogens with zero attached hydrogens (tertiary/aromatic N) is 1. The van der Waals surface area contributed by atoms with Gasteiger partial charge in [-0.3, -0.25) is 9.59 Å². The molecule has 1 heterocycles. The van der Waals surface area contributed by atoms with E-state index in [0.717, 1.165) is 35.5 Å². The fourth-order valence-electron chi connectivity index (χ4n) is 3.29. The molecule has 1 aliphatic rings. The molecule has 5 heteroatoms. The van der Waals surface area contributed by atoms with Gasteiger partial charge in [-0.1, -0.05) is 30.3 Å². The van der Waals surface area contributed by atoms with Crippen LogP contribution in [-0.2, 0) is 16.0 Å². The van der Waals surface area contributed by atoms with Crippen LogP contribution in [0, 0.1) is 0 Å². The Balaban J connectivity index is 1.60. The third-order valence-corrected chi connectivity index (χ3v) is 4.67. The second-order valence-corrected chi connectivity index (χ2v) is 6.52. The molecule has 0 aliphatic carbocycles. The van der Waals surface area contributed by atoms with E-state index in [1.807, 2.05) is 55.5 Å². The van der Waals surface area contributed by atoms with Crippen molar-refractivity contribution < 1.29 is 14.3 Å². The first kappa shape index (κ1) is 18.0. The normalized spacial score (nSPS) is 15.0. The van der Waals surface area contributed by atoms with Crippen molar-refractivity contribution in [1.29, 1.82) is 0 Å². The van der Waals surface area contributed by atoms with Crippen molar-refractivity contribution in [2.45, 2.75) is 32.2 Å². The molecule has 0 aromatic heterocycles. The first-order valence-corrected chi connectivity index (χ1v) is 8.90. The van der Waals surface area contributed by atoms with Gasteiger partial charge in [0.15, 0.2) is 0 Å². The highest BCUT2D eigenvalue weighted by molar-refractivity contribution is 5.95. The van der Waals surface area contributed by atoms with Crippen molar-refractivity contribution in [3.8, 4) is 5.75 Å². The van der Waals surface area contributed by atoms with Gasteiger partial charge in [-0.15, -0.1) is 0 Å². The number of benzene rings is 2. The van der Waals surface area contributed by atoms with E-state index >= 15 is 0 Å². The number of carbonyl (C=O) groups excluding carboxylic acids is 2. The van der Waals surface area contributed by atoms with E-state index in [0.29, 0.717) is 12.8 Å². The van der Waals surface area contributed by atoms with E-state index in [-0.39, 0.29) is 17.9 Å². The predicted molar refractivity (Wildman–Crippen MR) is 101 cm³/mol. The molecule has 1 N–H and O–H groups in total. The summed E-state index contributed by atoms with van der Waals surface area (Å²) in [5, 5.41) is 3.01. The lowest BCUT2D eigenvalue weighted by Crippen LogP contribution is -2.28. The number of amides is 2. The maximum atomic E-state index is 12.4. The predicted octanol–water partition coefficient (Wildman–Crippen LogP) is 3.24. The van der Waals surface area contributed by atoms with E-state index in [1.165, 1.54) is 0 Å². The van der Waals surface area contributed by atoms with Crippen molar-refractivity contribution in [3.05, 3.63) is 59.7 Å². The van der Waals surface area contributed by atoms with Crippen LogP contribution < -0.4 is 15.0 Å². The lowest BCUT2D eigenvalue weighted by Gasteiger charge is -2.18. The van der Waals surface area contributed by atoms with Gasteiger partial charge in [-0.05, 0) is 37.1 Å². The maximum absolute atomic E-state index is 12.4. The Labute approximate surface area is 154 Å². The minimum absolute atomic E-state index is 0.0478. The Morgan fingerprint density at radius 2 is 1.92 bits per heavy atom. The monoisotopic (exact) mass is 352 g/mol.